The monoisotopic (exact) mass is 492 g/mol. The maximum Gasteiger partial charge on any atom is 0.226 e. The fourth-order valence-electron chi connectivity index (χ4n) is 3.81. The van der Waals surface area contributed by atoms with E-state index in [9.17, 15) is 14.0 Å². The van der Waals surface area contributed by atoms with Crippen LogP contribution in [0.4, 0.5) is 4.39 Å². The minimum absolute atomic E-state index is 0.00735. The summed E-state index contributed by atoms with van der Waals surface area (Å²) < 4.78 is 13.9. The molecule has 1 fully saturated rings. The molecule has 1 aliphatic heterocycles. The number of benzene rings is 1. The van der Waals surface area contributed by atoms with E-state index in [4.69, 9.17) is 0 Å². The summed E-state index contributed by atoms with van der Waals surface area (Å²) >= 11 is 3.53. The van der Waals surface area contributed by atoms with Crippen LogP contribution in [-0.4, -0.2) is 46.7 Å². The second-order valence-corrected chi connectivity index (χ2v) is 9.02. The van der Waals surface area contributed by atoms with Gasteiger partial charge in [0.2, 0.25) is 5.91 Å². The molecule has 0 bridgehead atoms. The molecule has 8 heteroatoms. The molecular weight excluding hydrogens is 463 g/mol. The zero-order chi connectivity index (χ0) is 22.4. The number of likely N-dealkylation sites (tertiary alicyclic amines) is 1. The van der Waals surface area contributed by atoms with Crippen LogP contribution in [0.25, 0.3) is 11.4 Å². The predicted octanol–water partition coefficient (Wildman–Crippen LogP) is 4.63. The molecule has 31 heavy (non-hydrogen) atoms. The Bertz CT molecular complexity index is 893. The van der Waals surface area contributed by atoms with Crippen molar-refractivity contribution in [1.29, 1.82) is 0 Å². The molecule has 0 spiro atoms. The summed E-state index contributed by atoms with van der Waals surface area (Å²) in [5, 5.41) is 3.19. The third-order valence-electron chi connectivity index (χ3n) is 5.75. The Morgan fingerprint density at radius 3 is 2.61 bits per heavy atom. The van der Waals surface area contributed by atoms with Gasteiger partial charge >= 0.3 is 0 Å². The number of hydrogen-bond donors (Lipinski definition) is 2. The zero-order valence-corrected chi connectivity index (χ0v) is 19.7. The highest BCUT2D eigenvalue weighted by Gasteiger charge is 2.32. The van der Waals surface area contributed by atoms with Crippen LogP contribution in [0.5, 0.6) is 0 Å². The van der Waals surface area contributed by atoms with Crippen molar-refractivity contribution in [3.05, 3.63) is 40.4 Å². The molecule has 1 saturated heterocycles. The first kappa shape index (κ1) is 23.6. The van der Waals surface area contributed by atoms with Gasteiger partial charge in [0.15, 0.2) is 0 Å². The average molecular weight is 493 g/mol. The summed E-state index contributed by atoms with van der Waals surface area (Å²) in [6.45, 7) is 3.42. The molecule has 1 unspecified atom stereocenters. The third kappa shape index (κ3) is 6.46. The van der Waals surface area contributed by atoms with Gasteiger partial charge in [0.25, 0.3) is 0 Å². The molecule has 1 aromatic carbocycles. The van der Waals surface area contributed by atoms with Crippen molar-refractivity contribution in [3.63, 3.8) is 0 Å². The predicted molar refractivity (Wildman–Crippen MR) is 122 cm³/mol. The van der Waals surface area contributed by atoms with Gasteiger partial charge in [-0.05, 0) is 60.1 Å². The number of nitrogens with zero attached hydrogens (tertiary/aromatic N) is 2. The van der Waals surface area contributed by atoms with E-state index < -0.39 is 0 Å². The Hall–Kier alpha value is -2.06. The number of nitrogens with one attached hydrogen (secondary N) is 2. The summed E-state index contributed by atoms with van der Waals surface area (Å²) in [6.07, 6.45) is 4.64. The van der Waals surface area contributed by atoms with E-state index in [2.05, 4.69) is 36.1 Å². The molecule has 1 aromatic heterocycles. The molecule has 0 radical (unpaired) electrons. The molecule has 3 rings (SSSR count). The number of H-pyrrole nitrogens is 1. The van der Waals surface area contributed by atoms with E-state index in [-0.39, 0.29) is 23.7 Å². The van der Waals surface area contributed by atoms with Crippen LogP contribution < -0.4 is 5.32 Å². The van der Waals surface area contributed by atoms with E-state index >= 15 is 0 Å². The van der Waals surface area contributed by atoms with Gasteiger partial charge in [-0.15, -0.1) is 0 Å². The first-order valence-electron chi connectivity index (χ1n) is 10.9. The number of aromatic amines is 1. The van der Waals surface area contributed by atoms with Crippen molar-refractivity contribution in [2.75, 3.05) is 20.1 Å². The van der Waals surface area contributed by atoms with Crippen molar-refractivity contribution in [2.24, 2.45) is 5.92 Å². The minimum atomic E-state index is -0.299. The van der Waals surface area contributed by atoms with Gasteiger partial charge in [-0.3, -0.25) is 9.59 Å². The molecule has 2 heterocycles. The lowest BCUT2D eigenvalue weighted by molar-refractivity contribution is -0.130. The lowest BCUT2D eigenvalue weighted by atomic mass is 9.98. The van der Waals surface area contributed by atoms with Gasteiger partial charge in [0.05, 0.1) is 17.7 Å². The summed E-state index contributed by atoms with van der Waals surface area (Å²) in [7, 11) is 2.00. The number of rotatable bonds is 11. The van der Waals surface area contributed by atoms with E-state index in [1.807, 2.05) is 14.0 Å². The number of unbranched alkanes of at least 4 members (excludes halogenated alkanes) is 2. The fourth-order valence-corrected chi connectivity index (χ4v) is 4.36. The van der Waals surface area contributed by atoms with Crippen molar-refractivity contribution < 1.29 is 14.0 Å². The van der Waals surface area contributed by atoms with Crippen molar-refractivity contribution in [1.82, 2.24) is 20.2 Å². The molecule has 1 amide bonds. The van der Waals surface area contributed by atoms with Crippen LogP contribution in [0.15, 0.2) is 28.9 Å². The molecule has 2 N–H and O–H groups in total. The maximum atomic E-state index is 13.3. The van der Waals surface area contributed by atoms with Crippen LogP contribution in [0.3, 0.4) is 0 Å². The number of hydrogen-bond acceptors (Lipinski definition) is 4. The fraction of sp³-hybridized carbons (Fsp3) is 0.522. The van der Waals surface area contributed by atoms with Gasteiger partial charge in [0.1, 0.15) is 22.0 Å². The van der Waals surface area contributed by atoms with E-state index in [1.165, 1.54) is 12.1 Å². The summed E-state index contributed by atoms with van der Waals surface area (Å²) in [4.78, 5) is 34.2. The lowest BCUT2D eigenvalue weighted by Gasteiger charge is -2.35. The van der Waals surface area contributed by atoms with Crippen LogP contribution in [0, 0.1) is 11.7 Å². The average Bonchev–Trinajstić information content (AvgIpc) is 3.12. The first-order chi connectivity index (χ1) is 14.9. The van der Waals surface area contributed by atoms with Crippen LogP contribution >= 0.6 is 15.9 Å². The lowest BCUT2D eigenvalue weighted by Crippen LogP contribution is -2.52. The number of carbonyl (C=O) groups excluding carboxylic acids is 2. The molecular formula is C23H30BrFN4O2. The number of Topliss-reactive ketones (excluding diaryl/α,β-unsaturated/α-hetero) is 1. The Kier molecular flexibility index (Phi) is 8.37. The Labute approximate surface area is 191 Å². The SMILES string of the molecule is CCC(=O)CCCCCC(NC(=O)C1CN(C)C1)c1[nH]c(-c2ccc(F)cc2)nc1Br. The van der Waals surface area contributed by atoms with E-state index in [0.29, 0.717) is 29.1 Å². The standard InChI is InChI=1S/C23H30BrFN4O2/c1-3-18(30)7-5-4-6-8-19(26-23(31)16-13-29(2)14-16)20-21(24)28-22(27-20)15-9-11-17(25)12-10-15/h9-12,16,19H,3-8,13-14H2,1-2H3,(H,26,31)(H,27,28). The van der Waals surface area contributed by atoms with Gasteiger partial charge in [-0.25, -0.2) is 9.37 Å². The number of amides is 1. The highest BCUT2D eigenvalue weighted by atomic mass is 79.9. The Balaban J connectivity index is 1.69. The van der Waals surface area contributed by atoms with Crippen LogP contribution in [0.2, 0.25) is 0 Å². The largest absolute Gasteiger partial charge is 0.347 e. The van der Waals surface area contributed by atoms with E-state index in [0.717, 1.165) is 50.0 Å². The number of ketones is 1. The quantitative estimate of drug-likeness (QED) is 0.448. The summed E-state index contributed by atoms with van der Waals surface area (Å²) in [5.74, 6) is 0.672. The molecule has 2 aromatic rings. The summed E-state index contributed by atoms with van der Waals surface area (Å²) in [6, 6.07) is 5.93. The number of aromatic nitrogens is 2. The molecule has 1 atom stereocenters. The van der Waals surface area contributed by atoms with E-state index in [1.54, 1.807) is 12.1 Å². The van der Waals surface area contributed by atoms with Gasteiger partial charge in [-0.1, -0.05) is 19.8 Å². The number of carbonyl (C=O) groups is 2. The number of halogens is 2. The molecule has 0 saturated carbocycles. The van der Waals surface area contributed by atoms with Gasteiger partial charge < -0.3 is 15.2 Å². The highest BCUT2D eigenvalue weighted by Crippen LogP contribution is 2.30. The molecule has 6 nitrogen and oxygen atoms in total. The van der Waals surface area contributed by atoms with Crippen molar-refractivity contribution in [2.45, 2.75) is 51.5 Å². The molecule has 1 aliphatic rings. The Morgan fingerprint density at radius 1 is 1.26 bits per heavy atom. The number of imidazole rings is 1. The second kappa shape index (κ2) is 11.0. The third-order valence-corrected chi connectivity index (χ3v) is 6.35. The van der Waals surface area contributed by atoms with Gasteiger partial charge in [0, 0.05) is 31.5 Å². The van der Waals surface area contributed by atoms with Crippen LogP contribution in [0.1, 0.15) is 57.2 Å². The minimum Gasteiger partial charge on any atom is -0.347 e. The topological polar surface area (TPSA) is 78.1 Å². The molecule has 168 valence electrons. The Morgan fingerprint density at radius 2 is 1.97 bits per heavy atom. The zero-order valence-electron chi connectivity index (χ0n) is 18.1. The normalized spacial score (nSPS) is 15.5. The van der Waals surface area contributed by atoms with Crippen LogP contribution in [-0.2, 0) is 9.59 Å². The first-order valence-corrected chi connectivity index (χ1v) is 11.7. The summed E-state index contributed by atoms with van der Waals surface area (Å²) in [5.41, 5.74) is 1.59. The molecule has 0 aliphatic carbocycles. The smallest absolute Gasteiger partial charge is 0.226 e. The second-order valence-electron chi connectivity index (χ2n) is 8.27. The maximum absolute atomic E-state index is 13.3. The van der Waals surface area contributed by atoms with Gasteiger partial charge in [-0.2, -0.15) is 0 Å². The van der Waals surface area contributed by atoms with Crippen molar-refractivity contribution >= 4 is 27.6 Å². The van der Waals surface area contributed by atoms with Crippen molar-refractivity contribution in [3.8, 4) is 11.4 Å². The highest BCUT2D eigenvalue weighted by molar-refractivity contribution is 9.10.